The monoisotopic (exact) mass is 195 g/mol. The summed E-state index contributed by atoms with van der Waals surface area (Å²) in [7, 11) is 0. The van der Waals surface area contributed by atoms with Gasteiger partial charge in [0, 0.05) is 25.3 Å². The quantitative estimate of drug-likeness (QED) is 0.736. The minimum absolute atomic E-state index is 0.0800. The molecule has 2 N–H and O–H groups in total. The van der Waals surface area contributed by atoms with Crippen LogP contribution in [0.25, 0.3) is 0 Å². The van der Waals surface area contributed by atoms with Crippen molar-refractivity contribution in [3.63, 3.8) is 0 Å². The van der Waals surface area contributed by atoms with Crippen molar-refractivity contribution in [2.75, 3.05) is 0 Å². The molecule has 1 aromatic rings. The Labute approximate surface area is 84.0 Å². The SMILES string of the molecule is CCn1cncc1CNC1CC(O)C1. The van der Waals surface area contributed by atoms with Crippen LogP contribution < -0.4 is 5.32 Å². The Morgan fingerprint density at radius 2 is 2.43 bits per heavy atom. The Bertz CT molecular complexity index is 291. The van der Waals surface area contributed by atoms with E-state index in [-0.39, 0.29) is 6.10 Å². The fraction of sp³-hybridized carbons (Fsp3) is 0.700. The highest BCUT2D eigenvalue weighted by atomic mass is 16.3. The van der Waals surface area contributed by atoms with Crippen molar-refractivity contribution >= 4 is 0 Å². The molecule has 0 radical (unpaired) electrons. The maximum absolute atomic E-state index is 9.12. The number of rotatable bonds is 4. The van der Waals surface area contributed by atoms with Gasteiger partial charge < -0.3 is 15.0 Å². The van der Waals surface area contributed by atoms with Crippen LogP contribution in [0, 0.1) is 0 Å². The molecule has 14 heavy (non-hydrogen) atoms. The second-order valence-electron chi connectivity index (χ2n) is 3.87. The molecule has 78 valence electrons. The Morgan fingerprint density at radius 3 is 3.07 bits per heavy atom. The van der Waals surface area contributed by atoms with Crippen molar-refractivity contribution in [1.82, 2.24) is 14.9 Å². The first-order valence-corrected chi connectivity index (χ1v) is 5.20. The maximum atomic E-state index is 9.12. The maximum Gasteiger partial charge on any atom is 0.0948 e. The summed E-state index contributed by atoms with van der Waals surface area (Å²) in [5, 5.41) is 12.5. The van der Waals surface area contributed by atoms with Gasteiger partial charge in [-0.3, -0.25) is 0 Å². The molecule has 0 saturated heterocycles. The fourth-order valence-electron chi connectivity index (χ4n) is 1.78. The average molecular weight is 195 g/mol. The third-order valence-corrected chi connectivity index (χ3v) is 2.82. The summed E-state index contributed by atoms with van der Waals surface area (Å²) in [4.78, 5) is 4.10. The molecule has 1 aliphatic carbocycles. The number of imidazole rings is 1. The molecule has 1 heterocycles. The molecule has 2 rings (SSSR count). The van der Waals surface area contributed by atoms with Crippen LogP contribution in [0.2, 0.25) is 0 Å². The lowest BCUT2D eigenvalue weighted by atomic mass is 9.89. The number of aryl methyl sites for hydroxylation is 1. The normalized spacial score (nSPS) is 26.1. The lowest BCUT2D eigenvalue weighted by Crippen LogP contribution is -2.43. The van der Waals surface area contributed by atoms with Gasteiger partial charge in [0.2, 0.25) is 0 Å². The Kier molecular flexibility index (Phi) is 2.84. The highest BCUT2D eigenvalue weighted by Gasteiger charge is 2.26. The molecule has 1 aliphatic rings. The van der Waals surface area contributed by atoms with Gasteiger partial charge in [-0.2, -0.15) is 0 Å². The van der Waals surface area contributed by atoms with Gasteiger partial charge in [0.05, 0.1) is 18.1 Å². The van der Waals surface area contributed by atoms with Crippen molar-refractivity contribution in [1.29, 1.82) is 0 Å². The highest BCUT2D eigenvalue weighted by molar-refractivity contribution is 4.99. The number of aliphatic hydroxyl groups excluding tert-OH is 1. The van der Waals surface area contributed by atoms with Gasteiger partial charge >= 0.3 is 0 Å². The third kappa shape index (κ3) is 1.96. The van der Waals surface area contributed by atoms with Gasteiger partial charge in [-0.05, 0) is 19.8 Å². The predicted octanol–water partition coefficient (Wildman–Crippen LogP) is 0.516. The molecule has 4 heteroatoms. The van der Waals surface area contributed by atoms with Crippen molar-refractivity contribution in [2.24, 2.45) is 0 Å². The van der Waals surface area contributed by atoms with E-state index < -0.39 is 0 Å². The van der Waals surface area contributed by atoms with Crippen LogP contribution in [-0.2, 0) is 13.1 Å². The van der Waals surface area contributed by atoms with Gasteiger partial charge in [0.15, 0.2) is 0 Å². The molecule has 1 fully saturated rings. The van der Waals surface area contributed by atoms with Gasteiger partial charge in [0.25, 0.3) is 0 Å². The number of hydrogen-bond acceptors (Lipinski definition) is 3. The summed E-state index contributed by atoms with van der Waals surface area (Å²) in [6, 6.07) is 0.491. The van der Waals surface area contributed by atoms with Crippen LogP contribution in [-0.4, -0.2) is 26.8 Å². The zero-order valence-electron chi connectivity index (χ0n) is 8.48. The molecule has 0 spiro atoms. The van der Waals surface area contributed by atoms with Crippen LogP contribution in [0.1, 0.15) is 25.5 Å². The van der Waals surface area contributed by atoms with E-state index in [1.54, 1.807) is 0 Å². The molecule has 1 aromatic heterocycles. The van der Waals surface area contributed by atoms with E-state index in [2.05, 4.69) is 21.8 Å². The lowest BCUT2D eigenvalue weighted by molar-refractivity contribution is 0.0617. The van der Waals surface area contributed by atoms with E-state index in [4.69, 9.17) is 5.11 Å². The molecule has 0 amide bonds. The largest absolute Gasteiger partial charge is 0.393 e. The van der Waals surface area contributed by atoms with Crippen molar-refractivity contribution in [3.05, 3.63) is 18.2 Å². The van der Waals surface area contributed by atoms with Crippen LogP contribution >= 0.6 is 0 Å². The molecule has 0 unspecified atom stereocenters. The predicted molar refractivity (Wildman–Crippen MR) is 53.8 cm³/mol. The summed E-state index contributed by atoms with van der Waals surface area (Å²) in [6.45, 7) is 3.92. The first kappa shape index (κ1) is 9.68. The number of aromatic nitrogens is 2. The molecular formula is C10H17N3O. The van der Waals surface area contributed by atoms with Crippen LogP contribution in [0.4, 0.5) is 0 Å². The molecule has 0 aliphatic heterocycles. The number of aliphatic hydroxyl groups is 1. The number of hydrogen-bond donors (Lipinski definition) is 2. The Hall–Kier alpha value is -0.870. The summed E-state index contributed by atoms with van der Waals surface area (Å²) in [5.74, 6) is 0. The Balaban J connectivity index is 1.80. The molecule has 0 aromatic carbocycles. The minimum Gasteiger partial charge on any atom is -0.393 e. The first-order valence-electron chi connectivity index (χ1n) is 5.20. The van der Waals surface area contributed by atoms with Gasteiger partial charge in [0.1, 0.15) is 0 Å². The lowest BCUT2D eigenvalue weighted by Gasteiger charge is -2.32. The zero-order valence-corrected chi connectivity index (χ0v) is 8.48. The van der Waals surface area contributed by atoms with E-state index in [9.17, 15) is 0 Å². The fourth-order valence-corrected chi connectivity index (χ4v) is 1.78. The van der Waals surface area contributed by atoms with Crippen LogP contribution in [0.5, 0.6) is 0 Å². The molecule has 1 saturated carbocycles. The summed E-state index contributed by atoms with van der Waals surface area (Å²) >= 11 is 0. The average Bonchev–Trinajstić information content (AvgIpc) is 2.57. The third-order valence-electron chi connectivity index (χ3n) is 2.82. The molecule has 0 bridgehead atoms. The van der Waals surface area contributed by atoms with Crippen molar-refractivity contribution < 1.29 is 5.11 Å². The summed E-state index contributed by atoms with van der Waals surface area (Å²) in [5.41, 5.74) is 1.22. The number of nitrogens with one attached hydrogen (secondary N) is 1. The molecule has 4 nitrogen and oxygen atoms in total. The van der Waals surface area contributed by atoms with Crippen LogP contribution in [0.15, 0.2) is 12.5 Å². The highest BCUT2D eigenvalue weighted by Crippen LogP contribution is 2.19. The smallest absolute Gasteiger partial charge is 0.0948 e. The molecule has 0 atom stereocenters. The summed E-state index contributed by atoms with van der Waals surface area (Å²) in [6.07, 6.45) is 5.45. The van der Waals surface area contributed by atoms with E-state index in [1.165, 1.54) is 5.69 Å². The van der Waals surface area contributed by atoms with E-state index in [1.807, 2.05) is 12.5 Å². The van der Waals surface area contributed by atoms with Gasteiger partial charge in [-0.25, -0.2) is 4.98 Å². The zero-order chi connectivity index (χ0) is 9.97. The van der Waals surface area contributed by atoms with Gasteiger partial charge in [-0.1, -0.05) is 0 Å². The summed E-state index contributed by atoms with van der Waals surface area (Å²) < 4.78 is 2.13. The second-order valence-corrected chi connectivity index (χ2v) is 3.87. The van der Waals surface area contributed by atoms with E-state index in [0.29, 0.717) is 6.04 Å². The topological polar surface area (TPSA) is 50.1 Å². The number of nitrogens with zero attached hydrogens (tertiary/aromatic N) is 2. The standard InChI is InChI=1S/C10H17N3O/c1-2-13-7-11-5-9(13)6-12-8-3-10(14)4-8/h5,7-8,10,12,14H,2-4,6H2,1H3. The minimum atomic E-state index is -0.0800. The second kappa shape index (κ2) is 4.11. The first-order chi connectivity index (χ1) is 6.79. The van der Waals surface area contributed by atoms with Crippen LogP contribution in [0.3, 0.4) is 0 Å². The Morgan fingerprint density at radius 1 is 1.64 bits per heavy atom. The molecular weight excluding hydrogens is 178 g/mol. The van der Waals surface area contributed by atoms with Crippen molar-refractivity contribution in [2.45, 2.75) is 45.0 Å². The van der Waals surface area contributed by atoms with Gasteiger partial charge in [-0.15, -0.1) is 0 Å². The van der Waals surface area contributed by atoms with Crippen molar-refractivity contribution in [3.8, 4) is 0 Å². The van der Waals surface area contributed by atoms with E-state index in [0.717, 1.165) is 25.9 Å². The van der Waals surface area contributed by atoms with E-state index >= 15 is 0 Å².